The van der Waals surface area contributed by atoms with Gasteiger partial charge in [0.1, 0.15) is 10.6 Å². The summed E-state index contributed by atoms with van der Waals surface area (Å²) in [6.45, 7) is 2.16. The van der Waals surface area contributed by atoms with Gasteiger partial charge in [0.05, 0.1) is 5.39 Å². The van der Waals surface area contributed by atoms with Crippen LogP contribution in [0, 0.1) is 0 Å². The van der Waals surface area contributed by atoms with Crippen LogP contribution in [0.5, 0.6) is 0 Å². The molecule has 1 fully saturated rings. The zero-order valence-corrected chi connectivity index (χ0v) is 14.7. The van der Waals surface area contributed by atoms with Gasteiger partial charge in [-0.15, -0.1) is 11.3 Å². The minimum atomic E-state index is 0.339. The summed E-state index contributed by atoms with van der Waals surface area (Å²) in [4.78, 5) is 11.1. The molecule has 21 heavy (non-hydrogen) atoms. The maximum Gasteiger partial charge on any atom is 0.225 e. The second kappa shape index (κ2) is 6.71. The fourth-order valence-corrected chi connectivity index (χ4v) is 5.07. The molecule has 0 aliphatic heterocycles. The smallest absolute Gasteiger partial charge is 0.225 e. The van der Waals surface area contributed by atoms with E-state index in [1.807, 2.05) is 11.8 Å². The quantitative estimate of drug-likeness (QED) is 0.795. The fourth-order valence-electron chi connectivity index (χ4n) is 2.95. The number of hydrogen-bond donors (Lipinski definition) is 1. The molecule has 0 bridgehead atoms. The van der Waals surface area contributed by atoms with Crippen LogP contribution in [0.25, 0.3) is 10.2 Å². The van der Waals surface area contributed by atoms with Gasteiger partial charge < -0.3 is 5.32 Å². The highest BCUT2D eigenvalue weighted by atomic mass is 35.5. The highest BCUT2D eigenvalue weighted by Crippen LogP contribution is 2.34. The zero-order valence-electron chi connectivity index (χ0n) is 12.4. The minimum Gasteiger partial charge on any atom is -0.366 e. The Bertz CT molecular complexity index is 629. The van der Waals surface area contributed by atoms with Gasteiger partial charge in [-0.25, -0.2) is 9.97 Å². The Morgan fingerprint density at radius 1 is 1.38 bits per heavy atom. The van der Waals surface area contributed by atoms with Gasteiger partial charge in [-0.05, 0) is 43.2 Å². The van der Waals surface area contributed by atoms with E-state index in [2.05, 4.69) is 34.5 Å². The Kier molecular flexibility index (Phi) is 4.92. The lowest BCUT2D eigenvalue weighted by atomic mass is 9.95. The summed E-state index contributed by atoms with van der Waals surface area (Å²) in [6.07, 6.45) is 8.34. The van der Waals surface area contributed by atoms with Crippen molar-refractivity contribution in [2.75, 3.05) is 11.6 Å². The number of aryl methyl sites for hydroxylation is 1. The Morgan fingerprint density at radius 3 is 2.95 bits per heavy atom. The zero-order chi connectivity index (χ0) is 14.8. The second-order valence-corrected chi connectivity index (χ2v) is 7.97. The van der Waals surface area contributed by atoms with E-state index >= 15 is 0 Å². The van der Waals surface area contributed by atoms with Crippen LogP contribution in [-0.2, 0) is 6.42 Å². The Labute approximate surface area is 138 Å². The minimum absolute atomic E-state index is 0.339. The van der Waals surface area contributed by atoms with Crippen LogP contribution in [-0.4, -0.2) is 27.5 Å². The summed E-state index contributed by atoms with van der Waals surface area (Å²) in [5, 5.41) is 5.77. The SMILES string of the molecule is CCc1cc2c(NC3CCCCC3SC)nc(Cl)nc2s1. The number of fused-ring (bicyclic) bond motifs is 1. The Balaban J connectivity index is 1.93. The summed E-state index contributed by atoms with van der Waals surface area (Å²) >= 11 is 9.77. The molecule has 1 N–H and O–H groups in total. The standard InChI is InChI=1S/C15H20ClN3S2/c1-3-9-8-10-13(18-15(16)19-14(10)21-9)17-11-6-4-5-7-12(11)20-2/h8,11-12H,3-7H2,1-2H3,(H,17,18,19). The van der Waals surface area contributed by atoms with E-state index < -0.39 is 0 Å². The summed E-state index contributed by atoms with van der Waals surface area (Å²) < 4.78 is 0. The lowest BCUT2D eigenvalue weighted by Crippen LogP contribution is -2.34. The van der Waals surface area contributed by atoms with Crippen molar-refractivity contribution in [3.05, 3.63) is 16.2 Å². The predicted octanol–water partition coefficient (Wildman–Crippen LogP) is 4.99. The average molecular weight is 342 g/mol. The van der Waals surface area contributed by atoms with Gasteiger partial charge >= 0.3 is 0 Å². The second-order valence-electron chi connectivity index (χ2n) is 5.44. The summed E-state index contributed by atoms with van der Waals surface area (Å²) in [5.41, 5.74) is 0. The molecule has 2 aromatic rings. The lowest BCUT2D eigenvalue weighted by Gasteiger charge is -2.31. The first-order valence-corrected chi connectivity index (χ1v) is 9.94. The molecule has 3 rings (SSSR count). The van der Waals surface area contributed by atoms with Crippen molar-refractivity contribution in [2.45, 2.75) is 50.3 Å². The molecule has 1 aliphatic carbocycles. The Hall–Kier alpha value is -0.520. The number of halogens is 1. The molecule has 2 heterocycles. The largest absolute Gasteiger partial charge is 0.366 e. The number of thioether (sulfide) groups is 1. The molecule has 0 spiro atoms. The van der Waals surface area contributed by atoms with Crippen molar-refractivity contribution in [2.24, 2.45) is 0 Å². The monoisotopic (exact) mass is 341 g/mol. The third kappa shape index (κ3) is 3.30. The molecular formula is C15H20ClN3S2. The summed E-state index contributed by atoms with van der Waals surface area (Å²) in [5.74, 6) is 0.909. The molecule has 3 nitrogen and oxygen atoms in total. The average Bonchev–Trinajstić information content (AvgIpc) is 2.91. The van der Waals surface area contributed by atoms with Gasteiger partial charge in [-0.3, -0.25) is 0 Å². The molecule has 1 saturated carbocycles. The maximum atomic E-state index is 6.10. The van der Waals surface area contributed by atoms with Gasteiger partial charge in [-0.1, -0.05) is 19.8 Å². The number of hydrogen-bond acceptors (Lipinski definition) is 5. The molecule has 114 valence electrons. The normalized spacial score (nSPS) is 22.6. The van der Waals surface area contributed by atoms with Gasteiger partial charge in [0, 0.05) is 16.2 Å². The first-order valence-electron chi connectivity index (χ1n) is 7.46. The highest BCUT2D eigenvalue weighted by Gasteiger charge is 2.25. The fraction of sp³-hybridized carbons (Fsp3) is 0.600. The van der Waals surface area contributed by atoms with Crippen molar-refractivity contribution in [3.8, 4) is 0 Å². The van der Waals surface area contributed by atoms with E-state index in [0.29, 0.717) is 16.6 Å². The number of thiophene rings is 1. The first-order chi connectivity index (χ1) is 10.2. The van der Waals surface area contributed by atoms with Crippen molar-refractivity contribution >= 4 is 50.7 Å². The van der Waals surface area contributed by atoms with E-state index in [1.165, 1.54) is 30.6 Å². The van der Waals surface area contributed by atoms with Crippen LogP contribution in [0.2, 0.25) is 5.28 Å². The van der Waals surface area contributed by atoms with Crippen molar-refractivity contribution < 1.29 is 0 Å². The molecular weight excluding hydrogens is 322 g/mol. The molecule has 6 heteroatoms. The summed E-state index contributed by atoms with van der Waals surface area (Å²) in [6, 6.07) is 2.68. The van der Waals surface area contributed by atoms with Crippen LogP contribution >= 0.6 is 34.7 Å². The maximum absolute atomic E-state index is 6.10. The summed E-state index contributed by atoms with van der Waals surface area (Å²) in [7, 11) is 0. The van der Waals surface area contributed by atoms with Crippen LogP contribution < -0.4 is 5.32 Å². The van der Waals surface area contributed by atoms with Crippen molar-refractivity contribution in [1.29, 1.82) is 0 Å². The van der Waals surface area contributed by atoms with Crippen LogP contribution in [0.1, 0.15) is 37.5 Å². The van der Waals surface area contributed by atoms with E-state index in [9.17, 15) is 0 Å². The molecule has 0 radical (unpaired) electrons. The van der Waals surface area contributed by atoms with Crippen molar-refractivity contribution in [1.82, 2.24) is 9.97 Å². The highest BCUT2D eigenvalue weighted by molar-refractivity contribution is 7.99. The number of aromatic nitrogens is 2. The first kappa shape index (κ1) is 15.4. The number of nitrogens with zero attached hydrogens (tertiary/aromatic N) is 2. The van der Waals surface area contributed by atoms with Crippen LogP contribution in [0.3, 0.4) is 0 Å². The molecule has 2 aromatic heterocycles. The Morgan fingerprint density at radius 2 is 2.19 bits per heavy atom. The van der Waals surface area contributed by atoms with Gasteiger partial charge in [0.15, 0.2) is 0 Å². The molecule has 0 saturated heterocycles. The van der Waals surface area contributed by atoms with E-state index in [1.54, 1.807) is 11.3 Å². The number of nitrogens with one attached hydrogen (secondary N) is 1. The van der Waals surface area contributed by atoms with Gasteiger partial charge in [0.2, 0.25) is 5.28 Å². The third-order valence-corrected chi connectivity index (χ3v) is 6.60. The van der Waals surface area contributed by atoms with E-state index in [0.717, 1.165) is 22.5 Å². The van der Waals surface area contributed by atoms with Gasteiger partial charge in [0.25, 0.3) is 0 Å². The number of rotatable bonds is 4. The van der Waals surface area contributed by atoms with Crippen LogP contribution in [0.15, 0.2) is 6.07 Å². The molecule has 1 aliphatic rings. The topological polar surface area (TPSA) is 37.8 Å². The van der Waals surface area contributed by atoms with Crippen LogP contribution in [0.4, 0.5) is 5.82 Å². The number of anilines is 1. The molecule has 2 atom stereocenters. The molecule has 2 unspecified atom stereocenters. The van der Waals surface area contributed by atoms with E-state index in [-0.39, 0.29) is 0 Å². The van der Waals surface area contributed by atoms with Gasteiger partial charge in [-0.2, -0.15) is 11.8 Å². The van der Waals surface area contributed by atoms with Crippen molar-refractivity contribution in [3.63, 3.8) is 0 Å². The van der Waals surface area contributed by atoms with E-state index in [4.69, 9.17) is 11.6 Å². The molecule has 0 aromatic carbocycles. The molecule has 0 amide bonds. The lowest BCUT2D eigenvalue weighted by molar-refractivity contribution is 0.474. The third-order valence-electron chi connectivity index (χ3n) is 4.09. The predicted molar refractivity (Wildman–Crippen MR) is 95.0 cm³/mol.